The van der Waals surface area contributed by atoms with Crippen molar-refractivity contribution >= 4 is 17.5 Å². The molecule has 1 aromatic heterocycles. The van der Waals surface area contributed by atoms with Gasteiger partial charge in [-0.15, -0.1) is 0 Å². The number of para-hydroxylation sites is 1. The highest BCUT2D eigenvalue weighted by atomic mass is 16.5. The molecule has 0 radical (unpaired) electrons. The van der Waals surface area contributed by atoms with Gasteiger partial charge in [0.2, 0.25) is 5.95 Å². The third-order valence-corrected chi connectivity index (χ3v) is 4.11. The molecule has 1 aromatic carbocycles. The minimum atomic E-state index is 0.264. The van der Waals surface area contributed by atoms with Crippen molar-refractivity contribution in [3.05, 3.63) is 42.1 Å². The van der Waals surface area contributed by atoms with Gasteiger partial charge in [-0.1, -0.05) is 18.2 Å². The molecule has 0 spiro atoms. The van der Waals surface area contributed by atoms with Crippen molar-refractivity contribution in [2.45, 2.75) is 19.6 Å². The second-order valence-corrected chi connectivity index (χ2v) is 6.24. The Hall–Kier alpha value is -2.34. The summed E-state index contributed by atoms with van der Waals surface area (Å²) in [4.78, 5) is 13.2. The van der Waals surface area contributed by atoms with Crippen LogP contribution in [0, 0.1) is 0 Å². The molecule has 1 aliphatic rings. The topological polar surface area (TPSA) is 53.5 Å². The quantitative estimate of drug-likeness (QED) is 0.910. The maximum Gasteiger partial charge on any atom is 0.224 e. The predicted octanol–water partition coefficient (Wildman–Crippen LogP) is 2.38. The highest BCUT2D eigenvalue weighted by molar-refractivity contribution is 5.55. The second-order valence-electron chi connectivity index (χ2n) is 6.24. The Morgan fingerprint density at radius 3 is 2.92 bits per heavy atom. The van der Waals surface area contributed by atoms with Crippen LogP contribution in [0.3, 0.4) is 0 Å². The molecular weight excluding hydrogens is 302 g/mol. The first-order valence-corrected chi connectivity index (χ1v) is 8.32. The Labute approximate surface area is 143 Å². The lowest BCUT2D eigenvalue weighted by Crippen LogP contribution is -2.41. The largest absolute Gasteiger partial charge is 0.375 e. The molecule has 6 heteroatoms. The monoisotopic (exact) mass is 327 g/mol. The number of morpholine rings is 1. The molecule has 2 aromatic rings. The van der Waals surface area contributed by atoms with Crippen molar-refractivity contribution in [1.29, 1.82) is 0 Å². The van der Waals surface area contributed by atoms with Gasteiger partial charge in [0, 0.05) is 45.6 Å². The summed E-state index contributed by atoms with van der Waals surface area (Å²) in [6.07, 6.45) is 2.04. The number of ether oxygens (including phenoxy) is 1. The minimum Gasteiger partial charge on any atom is -0.375 e. The Balaban J connectivity index is 1.72. The van der Waals surface area contributed by atoms with E-state index in [1.54, 1.807) is 6.20 Å². The summed E-state index contributed by atoms with van der Waals surface area (Å²) < 4.78 is 5.65. The van der Waals surface area contributed by atoms with Gasteiger partial charge < -0.3 is 19.9 Å². The summed E-state index contributed by atoms with van der Waals surface area (Å²) in [5.74, 6) is 1.54. The number of benzene rings is 1. The van der Waals surface area contributed by atoms with Gasteiger partial charge >= 0.3 is 0 Å². The number of hydrogen-bond acceptors (Lipinski definition) is 6. The molecule has 0 bridgehead atoms. The molecule has 1 aliphatic heterocycles. The number of anilines is 3. The van der Waals surface area contributed by atoms with Crippen molar-refractivity contribution < 1.29 is 4.74 Å². The minimum absolute atomic E-state index is 0.264. The molecule has 128 valence electrons. The van der Waals surface area contributed by atoms with E-state index in [1.165, 1.54) is 11.3 Å². The summed E-state index contributed by atoms with van der Waals surface area (Å²) in [7, 11) is 3.95. The summed E-state index contributed by atoms with van der Waals surface area (Å²) in [6, 6.07) is 10.4. The van der Waals surface area contributed by atoms with Crippen molar-refractivity contribution in [1.82, 2.24) is 9.97 Å². The normalized spacial score (nSPS) is 17.6. The van der Waals surface area contributed by atoms with E-state index >= 15 is 0 Å². The maximum absolute atomic E-state index is 5.65. The lowest BCUT2D eigenvalue weighted by Gasteiger charge is -2.34. The zero-order chi connectivity index (χ0) is 16.9. The van der Waals surface area contributed by atoms with Gasteiger partial charge in [-0.25, -0.2) is 4.98 Å². The standard InChI is InChI=1S/C18H25N5O/c1-14-13-23(10-11-24-14)16-7-5-4-6-15(16)12-20-18-19-9-8-17(21-18)22(2)3/h4-9,14H,10-13H2,1-3H3,(H,19,20,21). The number of rotatable bonds is 5. The fourth-order valence-electron chi connectivity index (χ4n) is 2.86. The van der Waals surface area contributed by atoms with Crippen molar-refractivity contribution in [2.24, 2.45) is 0 Å². The number of nitrogens with zero attached hydrogens (tertiary/aromatic N) is 4. The Kier molecular flexibility index (Phi) is 5.15. The average Bonchev–Trinajstić information content (AvgIpc) is 2.60. The van der Waals surface area contributed by atoms with Gasteiger partial charge in [-0.2, -0.15) is 4.98 Å². The predicted molar refractivity (Wildman–Crippen MR) is 97.8 cm³/mol. The van der Waals surface area contributed by atoms with E-state index in [1.807, 2.05) is 25.1 Å². The molecule has 1 N–H and O–H groups in total. The number of hydrogen-bond donors (Lipinski definition) is 1. The molecule has 0 amide bonds. The third-order valence-electron chi connectivity index (χ3n) is 4.11. The fourth-order valence-corrected chi connectivity index (χ4v) is 2.86. The van der Waals surface area contributed by atoms with Crippen molar-refractivity contribution in [2.75, 3.05) is 48.9 Å². The SMILES string of the molecule is CC1CN(c2ccccc2CNc2nccc(N(C)C)n2)CCO1. The van der Waals surface area contributed by atoms with Crippen LogP contribution in [-0.4, -0.2) is 49.9 Å². The smallest absolute Gasteiger partial charge is 0.224 e. The number of nitrogens with one attached hydrogen (secondary N) is 1. The average molecular weight is 327 g/mol. The van der Waals surface area contributed by atoms with E-state index in [0.29, 0.717) is 12.5 Å². The van der Waals surface area contributed by atoms with Gasteiger partial charge in [-0.3, -0.25) is 0 Å². The van der Waals surface area contributed by atoms with Crippen LogP contribution in [0.15, 0.2) is 36.5 Å². The van der Waals surface area contributed by atoms with E-state index in [2.05, 4.69) is 51.4 Å². The van der Waals surface area contributed by atoms with E-state index in [9.17, 15) is 0 Å². The molecule has 1 unspecified atom stereocenters. The first-order valence-electron chi connectivity index (χ1n) is 8.32. The molecular formula is C18H25N5O. The Morgan fingerprint density at radius 1 is 1.29 bits per heavy atom. The van der Waals surface area contributed by atoms with E-state index in [-0.39, 0.29) is 6.10 Å². The van der Waals surface area contributed by atoms with Crippen molar-refractivity contribution in [3.63, 3.8) is 0 Å². The molecule has 1 fully saturated rings. The van der Waals surface area contributed by atoms with Gasteiger partial charge in [0.25, 0.3) is 0 Å². The lowest BCUT2D eigenvalue weighted by molar-refractivity contribution is 0.0532. The second kappa shape index (κ2) is 7.49. The zero-order valence-electron chi connectivity index (χ0n) is 14.6. The van der Waals surface area contributed by atoms with Crippen LogP contribution in [0.5, 0.6) is 0 Å². The van der Waals surface area contributed by atoms with Crippen LogP contribution in [0.4, 0.5) is 17.5 Å². The molecule has 0 saturated carbocycles. The van der Waals surface area contributed by atoms with Crippen LogP contribution in [0.25, 0.3) is 0 Å². The lowest BCUT2D eigenvalue weighted by atomic mass is 10.1. The van der Waals surface area contributed by atoms with Gasteiger partial charge in [-0.05, 0) is 24.6 Å². The van der Waals surface area contributed by atoms with E-state index < -0.39 is 0 Å². The summed E-state index contributed by atoms with van der Waals surface area (Å²) in [5, 5.41) is 3.34. The molecule has 0 aliphatic carbocycles. The molecule has 1 atom stereocenters. The molecule has 6 nitrogen and oxygen atoms in total. The van der Waals surface area contributed by atoms with Gasteiger partial charge in [0.1, 0.15) is 5.82 Å². The Bertz CT molecular complexity index is 676. The summed E-state index contributed by atoms with van der Waals surface area (Å²) >= 11 is 0. The molecule has 24 heavy (non-hydrogen) atoms. The summed E-state index contributed by atoms with van der Waals surface area (Å²) in [6.45, 7) is 5.43. The van der Waals surface area contributed by atoms with E-state index in [0.717, 1.165) is 25.5 Å². The van der Waals surface area contributed by atoms with Crippen LogP contribution >= 0.6 is 0 Å². The first-order chi connectivity index (χ1) is 11.6. The highest BCUT2D eigenvalue weighted by Crippen LogP contribution is 2.23. The Morgan fingerprint density at radius 2 is 2.12 bits per heavy atom. The van der Waals surface area contributed by atoms with Crippen LogP contribution in [0.2, 0.25) is 0 Å². The van der Waals surface area contributed by atoms with Gasteiger partial charge in [0.15, 0.2) is 0 Å². The molecule has 3 rings (SSSR count). The van der Waals surface area contributed by atoms with E-state index in [4.69, 9.17) is 4.74 Å². The summed E-state index contributed by atoms with van der Waals surface area (Å²) in [5.41, 5.74) is 2.49. The molecule has 1 saturated heterocycles. The highest BCUT2D eigenvalue weighted by Gasteiger charge is 2.19. The fraction of sp³-hybridized carbons (Fsp3) is 0.444. The number of aromatic nitrogens is 2. The maximum atomic E-state index is 5.65. The zero-order valence-corrected chi connectivity index (χ0v) is 14.6. The van der Waals surface area contributed by atoms with Crippen LogP contribution < -0.4 is 15.1 Å². The van der Waals surface area contributed by atoms with Gasteiger partial charge in [0.05, 0.1) is 12.7 Å². The molecule has 2 heterocycles. The first kappa shape index (κ1) is 16.5. The van der Waals surface area contributed by atoms with Crippen LogP contribution in [-0.2, 0) is 11.3 Å². The van der Waals surface area contributed by atoms with Crippen LogP contribution in [0.1, 0.15) is 12.5 Å². The third kappa shape index (κ3) is 3.94. The van der Waals surface area contributed by atoms with Crippen molar-refractivity contribution in [3.8, 4) is 0 Å².